The smallest absolute Gasteiger partial charge is 0.107 e. The Hall–Kier alpha value is -0.120. The van der Waals surface area contributed by atoms with Crippen LogP contribution in [0.5, 0.6) is 0 Å². The van der Waals surface area contributed by atoms with Crippen LogP contribution in [0.3, 0.4) is 0 Å². The van der Waals surface area contributed by atoms with Gasteiger partial charge in [0.2, 0.25) is 0 Å². The number of hydrogen-bond donors (Lipinski definition) is 1. The molecule has 1 fully saturated rings. The molecule has 1 rings (SSSR count). The lowest BCUT2D eigenvalue weighted by Crippen LogP contribution is -2.37. The Morgan fingerprint density at radius 2 is 2.07 bits per heavy atom. The summed E-state index contributed by atoms with van der Waals surface area (Å²) in [6, 6.07) is 0. The number of ether oxygens (including phenoxy) is 1. The Labute approximate surface area is 86.9 Å². The molecule has 3 nitrogen and oxygen atoms in total. The minimum atomic E-state index is 0.0826. The first-order valence-electron chi connectivity index (χ1n) is 5.44. The SMILES string of the molecule is CCC(C1COCC1ON)C(C)(C)C. The second-order valence-electron chi connectivity index (χ2n) is 5.26. The molecule has 0 aromatic rings. The average Bonchev–Trinajstić information content (AvgIpc) is 2.51. The normalized spacial score (nSPS) is 30.6. The first-order valence-corrected chi connectivity index (χ1v) is 5.44. The van der Waals surface area contributed by atoms with Crippen molar-refractivity contribution < 1.29 is 9.57 Å². The van der Waals surface area contributed by atoms with Crippen molar-refractivity contribution in [1.82, 2.24) is 0 Å². The van der Waals surface area contributed by atoms with Gasteiger partial charge in [0.1, 0.15) is 6.10 Å². The van der Waals surface area contributed by atoms with Gasteiger partial charge in [-0.2, -0.15) is 0 Å². The topological polar surface area (TPSA) is 44.5 Å². The minimum absolute atomic E-state index is 0.0826. The fourth-order valence-electron chi connectivity index (χ4n) is 2.62. The molecule has 0 spiro atoms. The zero-order chi connectivity index (χ0) is 10.8. The van der Waals surface area contributed by atoms with Crippen LogP contribution >= 0.6 is 0 Å². The van der Waals surface area contributed by atoms with Gasteiger partial charge < -0.3 is 4.74 Å². The third kappa shape index (κ3) is 2.47. The van der Waals surface area contributed by atoms with E-state index in [4.69, 9.17) is 15.5 Å². The van der Waals surface area contributed by atoms with Crippen LogP contribution in [0.4, 0.5) is 0 Å². The summed E-state index contributed by atoms with van der Waals surface area (Å²) in [6.07, 6.45) is 1.23. The van der Waals surface area contributed by atoms with Crippen molar-refractivity contribution in [2.24, 2.45) is 23.1 Å². The van der Waals surface area contributed by atoms with E-state index in [0.717, 1.165) is 13.0 Å². The van der Waals surface area contributed by atoms with E-state index in [1.165, 1.54) is 0 Å². The minimum Gasteiger partial charge on any atom is -0.378 e. The zero-order valence-corrected chi connectivity index (χ0v) is 9.75. The summed E-state index contributed by atoms with van der Waals surface area (Å²) in [5, 5.41) is 0. The summed E-state index contributed by atoms with van der Waals surface area (Å²) in [5.41, 5.74) is 0.296. The monoisotopic (exact) mass is 201 g/mol. The average molecular weight is 201 g/mol. The highest BCUT2D eigenvalue weighted by Gasteiger charge is 2.39. The predicted octanol–water partition coefficient (Wildman–Crippen LogP) is 1.96. The van der Waals surface area contributed by atoms with Crippen molar-refractivity contribution in [3.63, 3.8) is 0 Å². The molecule has 0 saturated carbocycles. The highest BCUT2D eigenvalue weighted by atomic mass is 16.6. The van der Waals surface area contributed by atoms with Gasteiger partial charge in [0.25, 0.3) is 0 Å². The van der Waals surface area contributed by atoms with Crippen molar-refractivity contribution >= 4 is 0 Å². The standard InChI is InChI=1S/C11H23NO2/c1-5-9(11(2,3)4)8-6-13-7-10(8)14-12/h8-10H,5-7,12H2,1-4H3. The molecule has 1 heterocycles. The molecule has 0 amide bonds. The first-order chi connectivity index (χ1) is 6.50. The van der Waals surface area contributed by atoms with Gasteiger partial charge >= 0.3 is 0 Å². The van der Waals surface area contributed by atoms with E-state index < -0.39 is 0 Å². The summed E-state index contributed by atoms with van der Waals surface area (Å²) in [4.78, 5) is 4.98. The maximum Gasteiger partial charge on any atom is 0.107 e. The molecule has 1 saturated heterocycles. The molecule has 0 aromatic heterocycles. The molecule has 84 valence electrons. The summed E-state index contributed by atoms with van der Waals surface area (Å²) in [6.45, 7) is 10.5. The number of nitrogens with two attached hydrogens (primary N) is 1. The van der Waals surface area contributed by atoms with E-state index in [-0.39, 0.29) is 6.10 Å². The molecule has 3 heteroatoms. The third-order valence-electron chi connectivity index (χ3n) is 3.31. The van der Waals surface area contributed by atoms with Crippen molar-refractivity contribution in [3.05, 3.63) is 0 Å². The fraction of sp³-hybridized carbons (Fsp3) is 1.00. The van der Waals surface area contributed by atoms with E-state index >= 15 is 0 Å². The second kappa shape index (κ2) is 4.60. The summed E-state index contributed by atoms with van der Waals surface area (Å²) >= 11 is 0. The summed E-state index contributed by atoms with van der Waals surface area (Å²) < 4.78 is 5.43. The lowest BCUT2D eigenvalue weighted by molar-refractivity contribution is -0.00556. The Bertz CT molecular complexity index is 177. The number of hydrogen-bond acceptors (Lipinski definition) is 3. The molecule has 2 N–H and O–H groups in total. The Morgan fingerprint density at radius 3 is 2.50 bits per heavy atom. The molecule has 3 unspecified atom stereocenters. The predicted molar refractivity (Wildman–Crippen MR) is 56.6 cm³/mol. The highest BCUT2D eigenvalue weighted by molar-refractivity contribution is 4.87. The summed E-state index contributed by atoms with van der Waals surface area (Å²) in [7, 11) is 0. The van der Waals surface area contributed by atoms with E-state index in [2.05, 4.69) is 27.7 Å². The highest BCUT2D eigenvalue weighted by Crippen LogP contribution is 2.38. The van der Waals surface area contributed by atoms with Gasteiger partial charge in [-0.3, -0.25) is 4.84 Å². The van der Waals surface area contributed by atoms with E-state index in [0.29, 0.717) is 23.9 Å². The van der Waals surface area contributed by atoms with Crippen LogP contribution in [0.2, 0.25) is 0 Å². The van der Waals surface area contributed by atoms with Crippen LogP contribution in [-0.4, -0.2) is 19.3 Å². The molecule has 1 aliphatic heterocycles. The van der Waals surface area contributed by atoms with Crippen LogP contribution in [0.25, 0.3) is 0 Å². The molecule has 0 aromatic carbocycles. The van der Waals surface area contributed by atoms with Crippen molar-refractivity contribution in [3.8, 4) is 0 Å². The Morgan fingerprint density at radius 1 is 1.43 bits per heavy atom. The maximum absolute atomic E-state index is 5.43. The molecular formula is C11H23NO2. The summed E-state index contributed by atoms with van der Waals surface area (Å²) in [5.74, 6) is 6.34. The molecule has 3 atom stereocenters. The maximum atomic E-state index is 5.43. The zero-order valence-electron chi connectivity index (χ0n) is 9.75. The van der Waals surface area contributed by atoms with Gasteiger partial charge in [0.05, 0.1) is 13.2 Å². The molecule has 0 bridgehead atoms. The molecular weight excluding hydrogens is 178 g/mol. The largest absolute Gasteiger partial charge is 0.378 e. The van der Waals surface area contributed by atoms with Crippen molar-refractivity contribution in [2.45, 2.75) is 40.2 Å². The van der Waals surface area contributed by atoms with Crippen LogP contribution in [0.15, 0.2) is 0 Å². The van der Waals surface area contributed by atoms with E-state index in [1.54, 1.807) is 0 Å². The van der Waals surface area contributed by atoms with Crippen LogP contribution in [0, 0.1) is 17.3 Å². The van der Waals surface area contributed by atoms with Crippen molar-refractivity contribution in [1.29, 1.82) is 0 Å². The quantitative estimate of drug-likeness (QED) is 0.710. The van der Waals surface area contributed by atoms with Crippen LogP contribution in [0.1, 0.15) is 34.1 Å². The molecule has 0 aliphatic carbocycles. The van der Waals surface area contributed by atoms with Gasteiger partial charge in [0, 0.05) is 5.92 Å². The van der Waals surface area contributed by atoms with Gasteiger partial charge in [-0.1, -0.05) is 34.1 Å². The number of rotatable bonds is 3. The third-order valence-corrected chi connectivity index (χ3v) is 3.31. The van der Waals surface area contributed by atoms with E-state index in [1.807, 2.05) is 0 Å². The molecule has 0 radical (unpaired) electrons. The van der Waals surface area contributed by atoms with Gasteiger partial charge in [-0.25, -0.2) is 5.90 Å². The van der Waals surface area contributed by atoms with Gasteiger partial charge in [-0.05, 0) is 11.3 Å². The van der Waals surface area contributed by atoms with Crippen LogP contribution < -0.4 is 5.90 Å². The molecule has 1 aliphatic rings. The fourth-order valence-corrected chi connectivity index (χ4v) is 2.62. The van der Waals surface area contributed by atoms with Gasteiger partial charge in [0.15, 0.2) is 0 Å². The van der Waals surface area contributed by atoms with Crippen LogP contribution in [-0.2, 0) is 9.57 Å². The lowest BCUT2D eigenvalue weighted by Gasteiger charge is -2.35. The van der Waals surface area contributed by atoms with E-state index in [9.17, 15) is 0 Å². The Kier molecular flexibility index (Phi) is 3.93. The second-order valence-corrected chi connectivity index (χ2v) is 5.26. The lowest BCUT2D eigenvalue weighted by atomic mass is 9.71. The Balaban J connectivity index is 2.68. The van der Waals surface area contributed by atoms with Crippen molar-refractivity contribution in [2.75, 3.05) is 13.2 Å². The molecule has 14 heavy (non-hydrogen) atoms. The van der Waals surface area contributed by atoms with Gasteiger partial charge in [-0.15, -0.1) is 0 Å². The first kappa shape index (κ1) is 12.0.